The number of Topliss-reactive ketones (excluding diaryl/α,β-unsaturated/α-hetero) is 1. The molecule has 7 unspecified atom stereocenters. The van der Waals surface area contributed by atoms with E-state index >= 15 is 0 Å². The fourth-order valence-corrected chi connectivity index (χ4v) is 5.89. The number of epoxide rings is 1. The molecule has 0 bridgehead atoms. The van der Waals surface area contributed by atoms with Gasteiger partial charge >= 0.3 is 5.97 Å². The average molecular weight is 516 g/mol. The third-order valence-corrected chi connectivity index (χ3v) is 8.83. The molecule has 7 atom stereocenters. The summed E-state index contributed by atoms with van der Waals surface area (Å²) in [5.74, 6) is -1.84. The minimum absolute atomic E-state index is 0.109. The van der Waals surface area contributed by atoms with E-state index in [2.05, 4.69) is 4.98 Å². The zero-order valence-corrected chi connectivity index (χ0v) is 22.7. The summed E-state index contributed by atoms with van der Waals surface area (Å²) in [5.41, 5.74) is 0.0531. The number of aliphatic hydroxyl groups excluding tert-OH is 2. The van der Waals surface area contributed by atoms with Crippen molar-refractivity contribution in [3.63, 3.8) is 0 Å². The summed E-state index contributed by atoms with van der Waals surface area (Å²) >= 11 is 1.61. The highest BCUT2D eigenvalue weighted by molar-refractivity contribution is 7.18. The van der Waals surface area contributed by atoms with Crippen LogP contribution in [0.5, 0.6) is 0 Å². The molecule has 0 saturated carbocycles. The summed E-state index contributed by atoms with van der Waals surface area (Å²) in [6.07, 6.45) is 1.86. The van der Waals surface area contributed by atoms with E-state index in [9.17, 15) is 19.8 Å². The number of aliphatic hydroxyl groups is 2. The number of nitrogens with zero attached hydrogens (tertiary/aromatic N) is 1. The molecule has 196 valence electrons. The van der Waals surface area contributed by atoms with Gasteiger partial charge in [0.1, 0.15) is 11.9 Å². The van der Waals surface area contributed by atoms with E-state index < -0.39 is 41.2 Å². The predicted octanol–water partition coefficient (Wildman–Crippen LogP) is 4.68. The van der Waals surface area contributed by atoms with Gasteiger partial charge in [0.15, 0.2) is 0 Å². The van der Waals surface area contributed by atoms with Gasteiger partial charge in [-0.15, -0.1) is 11.3 Å². The van der Waals surface area contributed by atoms with Crippen LogP contribution in [0, 0.1) is 24.2 Å². The molecule has 4 rings (SSSR count). The second kappa shape index (κ2) is 9.97. The average Bonchev–Trinajstić information content (AvgIpc) is 3.28. The number of carbonyl (C=O) groups excluding carboxylic acids is 2. The molecule has 2 N–H and O–H groups in total. The number of cyclic esters (lactones) is 1. The van der Waals surface area contributed by atoms with E-state index in [1.165, 1.54) is 0 Å². The highest BCUT2D eigenvalue weighted by Gasteiger charge is 2.52. The summed E-state index contributed by atoms with van der Waals surface area (Å²) in [4.78, 5) is 30.8. The molecule has 1 aromatic carbocycles. The lowest BCUT2D eigenvalue weighted by atomic mass is 9.73. The highest BCUT2D eigenvalue weighted by Crippen LogP contribution is 2.46. The molecule has 1 fully saturated rings. The van der Waals surface area contributed by atoms with Crippen LogP contribution in [0.4, 0.5) is 0 Å². The molecule has 2 aliphatic rings. The third-order valence-electron chi connectivity index (χ3n) is 7.88. The molecular weight excluding hydrogens is 478 g/mol. The van der Waals surface area contributed by atoms with Gasteiger partial charge in [-0.2, -0.15) is 0 Å². The Kier molecular flexibility index (Phi) is 7.45. The quantitative estimate of drug-likeness (QED) is 0.322. The molecule has 3 heterocycles. The van der Waals surface area contributed by atoms with Crippen molar-refractivity contribution < 1.29 is 29.3 Å². The van der Waals surface area contributed by atoms with Gasteiger partial charge in [0.25, 0.3) is 0 Å². The molecule has 0 amide bonds. The molecule has 2 aliphatic heterocycles. The number of ether oxygens (including phenoxy) is 2. The van der Waals surface area contributed by atoms with Crippen molar-refractivity contribution in [2.45, 2.75) is 90.8 Å². The zero-order chi connectivity index (χ0) is 26.4. The van der Waals surface area contributed by atoms with Crippen molar-refractivity contribution in [2.75, 3.05) is 0 Å². The van der Waals surface area contributed by atoms with E-state index in [0.717, 1.165) is 20.8 Å². The molecule has 1 aromatic heterocycles. The SMILES string of the molecule is Cc1nc2cc(C3CC4OC4(C)C/C=C\C(C)C(O)C(C)C(=O)C(C)(C)C(O)CC(=O)O3)ccc2s1. The number of carbonyl (C=O) groups is 2. The summed E-state index contributed by atoms with van der Waals surface area (Å²) in [6, 6.07) is 5.89. The molecule has 36 heavy (non-hydrogen) atoms. The lowest BCUT2D eigenvalue weighted by Gasteiger charge is -2.34. The third kappa shape index (κ3) is 5.42. The molecule has 0 spiro atoms. The van der Waals surface area contributed by atoms with Crippen LogP contribution in [0.25, 0.3) is 10.2 Å². The Balaban J connectivity index is 1.65. The van der Waals surface area contributed by atoms with Gasteiger partial charge in [0.05, 0.1) is 51.0 Å². The Hall–Kier alpha value is -2.13. The first kappa shape index (κ1) is 26.9. The molecule has 1 saturated heterocycles. The van der Waals surface area contributed by atoms with Crippen LogP contribution in [0.2, 0.25) is 0 Å². The number of hydrogen-bond acceptors (Lipinski definition) is 8. The standard InChI is InChI=1S/C28H37NO6S/c1-15-8-7-11-28(6)23(35-28)13-20(18-9-10-21-19(12-18)29-17(3)36-21)34-24(31)14-22(30)27(4,5)26(33)16(2)25(15)32/h7-10,12,15-16,20,22-23,25,30,32H,11,13-14H2,1-6H3/b8-7-. The van der Waals surface area contributed by atoms with E-state index in [1.54, 1.807) is 32.1 Å². The summed E-state index contributed by atoms with van der Waals surface area (Å²) in [7, 11) is 0. The van der Waals surface area contributed by atoms with Gasteiger partial charge < -0.3 is 19.7 Å². The van der Waals surface area contributed by atoms with Crippen LogP contribution in [0.15, 0.2) is 30.4 Å². The second-order valence-electron chi connectivity index (χ2n) is 11.2. The first-order chi connectivity index (χ1) is 16.8. The van der Waals surface area contributed by atoms with Crippen LogP contribution in [-0.4, -0.2) is 50.9 Å². The van der Waals surface area contributed by atoms with Crippen molar-refractivity contribution >= 4 is 33.3 Å². The monoisotopic (exact) mass is 515 g/mol. The first-order valence-corrected chi connectivity index (χ1v) is 13.4. The summed E-state index contributed by atoms with van der Waals surface area (Å²) in [5, 5.41) is 22.7. The van der Waals surface area contributed by atoms with Gasteiger partial charge in [-0.1, -0.05) is 45.9 Å². The number of benzene rings is 1. The van der Waals surface area contributed by atoms with Gasteiger partial charge in [-0.3, -0.25) is 9.59 Å². The predicted molar refractivity (Wildman–Crippen MR) is 139 cm³/mol. The number of aryl methyl sites for hydroxylation is 1. The van der Waals surface area contributed by atoms with Crippen molar-refractivity contribution in [2.24, 2.45) is 17.3 Å². The number of ketones is 1. The highest BCUT2D eigenvalue weighted by atomic mass is 32.1. The molecular formula is C28H37NO6S. The summed E-state index contributed by atoms with van der Waals surface area (Å²) < 4.78 is 13.0. The Labute approximate surface area is 216 Å². The Bertz CT molecular complexity index is 1170. The largest absolute Gasteiger partial charge is 0.457 e. The molecule has 0 aliphatic carbocycles. The Morgan fingerprint density at radius 2 is 1.86 bits per heavy atom. The number of fused-ring (bicyclic) bond motifs is 2. The van der Waals surface area contributed by atoms with E-state index in [1.807, 2.05) is 51.1 Å². The maximum atomic E-state index is 13.2. The lowest BCUT2D eigenvalue weighted by molar-refractivity contribution is -0.156. The van der Waals surface area contributed by atoms with E-state index in [4.69, 9.17) is 9.47 Å². The van der Waals surface area contributed by atoms with Crippen molar-refractivity contribution in [3.05, 3.63) is 40.9 Å². The summed E-state index contributed by atoms with van der Waals surface area (Å²) in [6.45, 7) is 10.7. The fraction of sp³-hybridized carbons (Fsp3) is 0.607. The minimum Gasteiger partial charge on any atom is -0.457 e. The Morgan fingerprint density at radius 3 is 2.58 bits per heavy atom. The van der Waals surface area contributed by atoms with E-state index in [0.29, 0.717) is 12.8 Å². The molecule has 0 radical (unpaired) electrons. The minimum atomic E-state index is -1.25. The van der Waals surface area contributed by atoms with Gasteiger partial charge in [0.2, 0.25) is 0 Å². The molecule has 8 heteroatoms. The number of thiazole rings is 1. The second-order valence-corrected chi connectivity index (χ2v) is 12.4. The first-order valence-electron chi connectivity index (χ1n) is 12.6. The number of rotatable bonds is 1. The van der Waals surface area contributed by atoms with Crippen LogP contribution < -0.4 is 0 Å². The number of aromatic nitrogens is 1. The van der Waals surface area contributed by atoms with Crippen molar-refractivity contribution in [3.8, 4) is 0 Å². The van der Waals surface area contributed by atoms with Gasteiger partial charge in [-0.05, 0) is 38.0 Å². The normalized spacial score (nSPS) is 36.8. The number of hydrogen-bond donors (Lipinski definition) is 2. The maximum Gasteiger partial charge on any atom is 0.309 e. The van der Waals surface area contributed by atoms with Gasteiger partial charge in [0, 0.05) is 18.3 Å². The smallest absolute Gasteiger partial charge is 0.309 e. The van der Waals surface area contributed by atoms with E-state index in [-0.39, 0.29) is 24.2 Å². The van der Waals surface area contributed by atoms with Gasteiger partial charge in [-0.25, -0.2) is 4.98 Å². The Morgan fingerprint density at radius 1 is 1.14 bits per heavy atom. The van der Waals surface area contributed by atoms with Crippen LogP contribution in [-0.2, 0) is 19.1 Å². The lowest BCUT2D eigenvalue weighted by Crippen LogP contribution is -2.45. The number of esters is 1. The van der Waals surface area contributed by atoms with Crippen molar-refractivity contribution in [1.82, 2.24) is 4.98 Å². The molecule has 7 nitrogen and oxygen atoms in total. The van der Waals surface area contributed by atoms with Crippen LogP contribution in [0.3, 0.4) is 0 Å². The topological polar surface area (TPSA) is 109 Å². The zero-order valence-electron chi connectivity index (χ0n) is 21.9. The molecule has 2 aromatic rings. The fourth-order valence-electron chi connectivity index (χ4n) is 5.09. The maximum absolute atomic E-state index is 13.2. The van der Waals surface area contributed by atoms with Crippen molar-refractivity contribution in [1.29, 1.82) is 0 Å². The van der Waals surface area contributed by atoms with Crippen LogP contribution in [0.1, 0.15) is 70.6 Å². The van der Waals surface area contributed by atoms with Crippen LogP contribution >= 0.6 is 11.3 Å².